The van der Waals surface area contributed by atoms with Crippen LogP contribution in [0.15, 0.2) is 23.0 Å². The number of ketones is 1. The molecule has 4 rings (SSSR count). The first-order valence-corrected chi connectivity index (χ1v) is 13.6. The number of halogens is 2. The summed E-state index contributed by atoms with van der Waals surface area (Å²) < 4.78 is 33.7. The standard InChI is InChI=1S/C17H20F2N2O2.C10H17NO3.CH5N/c1-23-12-7-8-13-14(10-12)21-16(22)15(20-13)17(18,19)9-3-2-4-11-5-6-11;1-3-8-4-5-11(9(14)6-12)10(8)7(2)13;1-2/h7-8,10-11H,2-6,9H2,1H3,(H,21,22);8,10,12H,3-6H2,1-2H3;2H2,1H3/t;8-,10-;/m.1./s1. The van der Waals surface area contributed by atoms with Gasteiger partial charge in [-0.25, -0.2) is 4.98 Å². The number of aliphatic hydroxyl groups excluding tert-OH is 1. The van der Waals surface area contributed by atoms with E-state index >= 15 is 0 Å². The van der Waals surface area contributed by atoms with Crippen LogP contribution in [0.4, 0.5) is 8.78 Å². The number of amides is 1. The smallest absolute Gasteiger partial charge is 0.295 e. The monoisotopic (exact) mass is 552 g/mol. The minimum Gasteiger partial charge on any atom is -0.497 e. The van der Waals surface area contributed by atoms with Crippen LogP contribution in [0.3, 0.4) is 0 Å². The minimum atomic E-state index is -3.20. The lowest BCUT2D eigenvalue weighted by Gasteiger charge is -2.24. The highest BCUT2D eigenvalue weighted by molar-refractivity contribution is 5.88. The number of fused-ring (bicyclic) bond motifs is 1. The normalized spacial score (nSPS) is 18.6. The molecular formula is C28H42F2N4O5. The molecule has 1 saturated carbocycles. The topological polar surface area (TPSA) is 139 Å². The molecule has 11 heteroatoms. The zero-order chi connectivity index (χ0) is 29.2. The highest BCUT2D eigenvalue weighted by Gasteiger charge is 2.38. The van der Waals surface area contributed by atoms with Crippen LogP contribution in [-0.4, -0.2) is 65.0 Å². The third-order valence-corrected chi connectivity index (χ3v) is 7.22. The SMILES string of the molecule is CC[C@@H]1CCN(C(=O)CO)[C@@H]1C(C)=O.CN.COc1ccc2nc(C(F)(F)CCCCC3CC3)c(=O)[nH]c2c1. The van der Waals surface area contributed by atoms with Gasteiger partial charge in [0, 0.05) is 19.0 Å². The molecule has 1 aromatic carbocycles. The first-order chi connectivity index (χ1) is 18.6. The Hall–Kier alpha value is -2.92. The lowest BCUT2D eigenvalue weighted by atomic mass is 9.95. The minimum absolute atomic E-state index is 0.0242. The first kappa shape index (κ1) is 32.3. The van der Waals surface area contributed by atoms with Gasteiger partial charge in [0.25, 0.3) is 11.5 Å². The summed E-state index contributed by atoms with van der Waals surface area (Å²) in [7, 11) is 3.00. The van der Waals surface area contributed by atoms with Crippen molar-refractivity contribution in [1.29, 1.82) is 0 Å². The Kier molecular flexibility index (Phi) is 12.4. The third kappa shape index (κ3) is 8.79. The number of H-pyrrole nitrogens is 1. The van der Waals surface area contributed by atoms with Crippen molar-refractivity contribution in [2.45, 2.75) is 77.2 Å². The Balaban J connectivity index is 0.000000287. The van der Waals surface area contributed by atoms with Gasteiger partial charge in [-0.1, -0.05) is 39.0 Å². The maximum absolute atomic E-state index is 14.3. The number of alkyl halides is 2. The van der Waals surface area contributed by atoms with Crippen LogP contribution in [0.25, 0.3) is 11.0 Å². The first-order valence-electron chi connectivity index (χ1n) is 13.6. The van der Waals surface area contributed by atoms with Crippen LogP contribution >= 0.6 is 0 Å². The van der Waals surface area contributed by atoms with Crippen LogP contribution in [0, 0.1) is 11.8 Å². The van der Waals surface area contributed by atoms with Crippen molar-refractivity contribution in [2.24, 2.45) is 17.6 Å². The van der Waals surface area contributed by atoms with Crippen molar-refractivity contribution >= 4 is 22.7 Å². The summed E-state index contributed by atoms with van der Waals surface area (Å²) in [6, 6.07) is 4.46. The van der Waals surface area contributed by atoms with Gasteiger partial charge in [-0.05, 0) is 50.8 Å². The molecule has 39 heavy (non-hydrogen) atoms. The molecule has 2 fully saturated rings. The summed E-state index contributed by atoms with van der Waals surface area (Å²) in [5, 5.41) is 8.75. The number of ether oxygens (including phenoxy) is 1. The zero-order valence-electron chi connectivity index (χ0n) is 23.3. The van der Waals surface area contributed by atoms with Crippen LogP contribution in [0.1, 0.15) is 70.9 Å². The summed E-state index contributed by atoms with van der Waals surface area (Å²) in [5.41, 5.74) is 3.69. The van der Waals surface area contributed by atoms with E-state index in [1.54, 1.807) is 18.2 Å². The van der Waals surface area contributed by atoms with E-state index in [1.165, 1.54) is 38.8 Å². The molecule has 1 aromatic heterocycles. The van der Waals surface area contributed by atoms with E-state index in [1.807, 2.05) is 6.92 Å². The van der Waals surface area contributed by atoms with E-state index in [9.17, 15) is 23.2 Å². The van der Waals surface area contributed by atoms with Crippen molar-refractivity contribution in [3.8, 4) is 5.75 Å². The Morgan fingerprint density at radius 1 is 1.23 bits per heavy atom. The molecule has 1 aliphatic heterocycles. The fourth-order valence-electron chi connectivity index (χ4n) is 4.95. The average Bonchev–Trinajstić information content (AvgIpc) is 3.66. The van der Waals surface area contributed by atoms with Gasteiger partial charge in [-0.3, -0.25) is 14.4 Å². The zero-order valence-corrected chi connectivity index (χ0v) is 23.3. The summed E-state index contributed by atoms with van der Waals surface area (Å²) in [6.07, 6.45) is 6.09. The predicted octanol–water partition coefficient (Wildman–Crippen LogP) is 3.76. The molecule has 9 nitrogen and oxygen atoms in total. The van der Waals surface area contributed by atoms with Crippen molar-refractivity contribution in [1.82, 2.24) is 14.9 Å². The van der Waals surface area contributed by atoms with Crippen molar-refractivity contribution < 1.29 is 28.2 Å². The summed E-state index contributed by atoms with van der Waals surface area (Å²) in [4.78, 5) is 42.6. The molecule has 2 aromatic rings. The summed E-state index contributed by atoms with van der Waals surface area (Å²) in [5.74, 6) is -1.97. The van der Waals surface area contributed by atoms with Gasteiger partial charge in [0.15, 0.2) is 11.5 Å². The number of rotatable bonds is 10. The molecule has 1 aliphatic carbocycles. The van der Waals surface area contributed by atoms with Crippen molar-refractivity contribution in [3.63, 3.8) is 0 Å². The Morgan fingerprint density at radius 2 is 1.92 bits per heavy atom. The number of benzene rings is 1. The number of carbonyl (C=O) groups excluding carboxylic acids is 2. The number of aliphatic hydroxyl groups is 1. The van der Waals surface area contributed by atoms with Crippen molar-refractivity contribution in [3.05, 3.63) is 34.2 Å². The number of Topliss-reactive ketones (excluding diaryl/α,β-unsaturated/α-hetero) is 1. The molecule has 0 spiro atoms. The second-order valence-corrected chi connectivity index (χ2v) is 9.95. The van der Waals surface area contributed by atoms with Crippen LogP contribution in [0.2, 0.25) is 0 Å². The molecule has 218 valence electrons. The van der Waals surface area contributed by atoms with E-state index in [0.29, 0.717) is 29.7 Å². The molecule has 1 amide bonds. The lowest BCUT2D eigenvalue weighted by Crippen LogP contribution is -2.43. The molecule has 1 saturated heterocycles. The van der Waals surface area contributed by atoms with Crippen LogP contribution < -0.4 is 16.0 Å². The van der Waals surface area contributed by atoms with Crippen LogP contribution in [0.5, 0.6) is 5.75 Å². The average molecular weight is 553 g/mol. The highest BCUT2D eigenvalue weighted by atomic mass is 19.3. The van der Waals surface area contributed by atoms with Gasteiger partial charge in [0.1, 0.15) is 12.4 Å². The second-order valence-electron chi connectivity index (χ2n) is 9.95. The van der Waals surface area contributed by atoms with E-state index in [2.05, 4.69) is 15.7 Å². The highest BCUT2D eigenvalue weighted by Crippen LogP contribution is 2.36. The Morgan fingerprint density at radius 3 is 2.49 bits per heavy atom. The number of nitrogens with one attached hydrogen (secondary N) is 1. The number of methoxy groups -OCH3 is 1. The number of nitrogens with two attached hydrogens (primary N) is 1. The Bertz CT molecular complexity index is 1150. The number of likely N-dealkylation sites (tertiary alicyclic amines) is 1. The van der Waals surface area contributed by atoms with E-state index in [-0.39, 0.29) is 30.1 Å². The van der Waals surface area contributed by atoms with Crippen molar-refractivity contribution in [2.75, 3.05) is 27.3 Å². The van der Waals surface area contributed by atoms with Gasteiger partial charge in [-0.15, -0.1) is 0 Å². The molecule has 2 heterocycles. The second kappa shape index (κ2) is 15.0. The summed E-state index contributed by atoms with van der Waals surface area (Å²) in [6.45, 7) is 3.63. The van der Waals surface area contributed by atoms with E-state index in [0.717, 1.165) is 31.6 Å². The van der Waals surface area contributed by atoms with E-state index in [4.69, 9.17) is 9.84 Å². The van der Waals surface area contributed by atoms with E-state index < -0.39 is 23.8 Å². The van der Waals surface area contributed by atoms with Gasteiger partial charge < -0.3 is 25.5 Å². The number of aromatic nitrogens is 2. The summed E-state index contributed by atoms with van der Waals surface area (Å²) >= 11 is 0. The predicted molar refractivity (Wildman–Crippen MR) is 146 cm³/mol. The van der Waals surface area contributed by atoms with Gasteiger partial charge >= 0.3 is 0 Å². The number of carbonyl (C=O) groups is 2. The fraction of sp³-hybridized carbons (Fsp3) is 0.643. The number of nitrogens with zero attached hydrogens (tertiary/aromatic N) is 2. The molecular weight excluding hydrogens is 510 g/mol. The van der Waals surface area contributed by atoms with Gasteiger partial charge in [0.2, 0.25) is 5.91 Å². The largest absolute Gasteiger partial charge is 0.497 e. The lowest BCUT2D eigenvalue weighted by molar-refractivity contribution is -0.140. The Labute approximate surface area is 228 Å². The molecule has 4 N–H and O–H groups in total. The molecule has 2 atom stereocenters. The third-order valence-electron chi connectivity index (χ3n) is 7.22. The fourth-order valence-corrected chi connectivity index (χ4v) is 4.95. The molecule has 2 aliphatic rings. The number of aromatic amines is 1. The molecule has 0 radical (unpaired) electrons. The molecule has 0 bridgehead atoms. The maximum Gasteiger partial charge on any atom is 0.295 e. The van der Waals surface area contributed by atoms with Gasteiger partial charge in [-0.2, -0.15) is 8.78 Å². The molecule has 0 unspecified atom stereocenters. The van der Waals surface area contributed by atoms with Gasteiger partial charge in [0.05, 0.1) is 24.2 Å². The van der Waals surface area contributed by atoms with Crippen LogP contribution in [-0.2, 0) is 15.5 Å². The number of hydrogen-bond acceptors (Lipinski definition) is 7. The quantitative estimate of drug-likeness (QED) is 0.382. The number of hydrogen-bond donors (Lipinski definition) is 3. The number of unbranched alkanes of at least 4 members (excludes halogenated alkanes) is 1. The maximum atomic E-state index is 14.3.